The lowest BCUT2D eigenvalue weighted by Crippen LogP contribution is -2.20. The predicted octanol–water partition coefficient (Wildman–Crippen LogP) is 2.07. The molecular weight excluding hydrogens is 243 g/mol. The number of nitrogens with one attached hydrogen (secondary N) is 1. The molecule has 0 aliphatic carbocycles. The number of aromatic nitrogens is 3. The monoisotopic (exact) mass is 262 g/mol. The van der Waals surface area contributed by atoms with Crippen LogP contribution in [-0.2, 0) is 13.5 Å². The van der Waals surface area contributed by atoms with Gasteiger partial charge in [-0.05, 0) is 38.9 Å². The fourth-order valence-electron chi connectivity index (χ4n) is 2.35. The van der Waals surface area contributed by atoms with E-state index in [-0.39, 0.29) is 11.9 Å². The summed E-state index contributed by atoms with van der Waals surface area (Å²) in [5.41, 5.74) is 3.92. The van der Waals surface area contributed by atoms with Gasteiger partial charge in [0.1, 0.15) is 5.82 Å². The number of halogens is 1. The smallest absolute Gasteiger partial charge is 0.146 e. The van der Waals surface area contributed by atoms with Crippen LogP contribution in [0.4, 0.5) is 4.39 Å². The van der Waals surface area contributed by atoms with Crippen molar-refractivity contribution in [1.29, 1.82) is 0 Å². The lowest BCUT2D eigenvalue weighted by atomic mass is 9.98. The van der Waals surface area contributed by atoms with Crippen LogP contribution in [0.5, 0.6) is 0 Å². The average Bonchev–Trinajstić information content (AvgIpc) is 2.63. The van der Waals surface area contributed by atoms with Gasteiger partial charge in [-0.15, -0.1) is 0 Å². The molecule has 5 heteroatoms. The summed E-state index contributed by atoms with van der Waals surface area (Å²) in [6.07, 6.45) is 3.58. The Bertz CT molecular complexity index is 577. The van der Waals surface area contributed by atoms with Gasteiger partial charge in [-0.3, -0.25) is 9.67 Å². The molecule has 0 saturated heterocycles. The molecule has 0 fully saturated rings. The van der Waals surface area contributed by atoms with Gasteiger partial charge in [0.2, 0.25) is 0 Å². The first-order chi connectivity index (χ1) is 9.04. The molecule has 2 heterocycles. The zero-order valence-corrected chi connectivity index (χ0v) is 11.7. The van der Waals surface area contributed by atoms with E-state index in [0.29, 0.717) is 12.0 Å². The van der Waals surface area contributed by atoms with E-state index >= 15 is 0 Å². The molecular formula is C14H19FN4. The van der Waals surface area contributed by atoms with Crippen LogP contribution in [0.1, 0.15) is 28.6 Å². The average molecular weight is 262 g/mol. The molecule has 0 radical (unpaired) electrons. The molecule has 0 aliphatic rings. The molecule has 1 atom stereocenters. The molecule has 2 rings (SSSR count). The third kappa shape index (κ3) is 2.66. The van der Waals surface area contributed by atoms with E-state index < -0.39 is 0 Å². The van der Waals surface area contributed by atoms with Crippen molar-refractivity contribution in [3.63, 3.8) is 0 Å². The third-order valence-electron chi connectivity index (χ3n) is 3.59. The van der Waals surface area contributed by atoms with Crippen LogP contribution in [0.15, 0.2) is 18.5 Å². The number of pyridine rings is 1. The van der Waals surface area contributed by atoms with Crippen LogP contribution in [0.3, 0.4) is 0 Å². The molecule has 0 spiro atoms. The summed E-state index contributed by atoms with van der Waals surface area (Å²) < 4.78 is 15.7. The molecule has 0 aromatic carbocycles. The number of rotatable bonds is 4. The molecule has 0 aliphatic heterocycles. The Labute approximate surface area is 112 Å². The van der Waals surface area contributed by atoms with E-state index in [0.717, 1.165) is 17.0 Å². The van der Waals surface area contributed by atoms with Crippen molar-refractivity contribution >= 4 is 0 Å². The minimum Gasteiger partial charge on any atom is -0.313 e. The largest absolute Gasteiger partial charge is 0.313 e. The maximum Gasteiger partial charge on any atom is 0.146 e. The molecule has 102 valence electrons. The Hall–Kier alpha value is -1.75. The van der Waals surface area contributed by atoms with Crippen molar-refractivity contribution in [2.75, 3.05) is 7.05 Å². The number of hydrogen-bond acceptors (Lipinski definition) is 3. The van der Waals surface area contributed by atoms with E-state index in [1.165, 1.54) is 6.20 Å². The second-order valence-electron chi connectivity index (χ2n) is 4.72. The van der Waals surface area contributed by atoms with Gasteiger partial charge in [0.15, 0.2) is 0 Å². The number of aryl methyl sites for hydroxylation is 2. The summed E-state index contributed by atoms with van der Waals surface area (Å²) in [6, 6.07) is 1.64. The van der Waals surface area contributed by atoms with Crippen molar-refractivity contribution in [1.82, 2.24) is 20.1 Å². The van der Waals surface area contributed by atoms with Crippen LogP contribution in [0.2, 0.25) is 0 Å². The summed E-state index contributed by atoms with van der Waals surface area (Å²) in [7, 11) is 3.76. The highest BCUT2D eigenvalue weighted by Gasteiger charge is 2.18. The van der Waals surface area contributed by atoms with Crippen molar-refractivity contribution in [3.05, 3.63) is 46.8 Å². The van der Waals surface area contributed by atoms with Crippen molar-refractivity contribution < 1.29 is 4.39 Å². The first kappa shape index (κ1) is 13.7. The summed E-state index contributed by atoms with van der Waals surface area (Å²) in [5, 5.41) is 7.56. The molecule has 2 aromatic rings. The lowest BCUT2D eigenvalue weighted by Gasteiger charge is -2.17. The number of likely N-dealkylation sites (N-methyl/N-ethyl adjacent to an activating group) is 1. The standard InChI is InChI=1S/C14H19FN4/c1-9-12(10(2)19(4)18-9)7-14(16-3)11-5-6-17-8-13(11)15/h5-6,8,14,16H,7H2,1-4H3. The highest BCUT2D eigenvalue weighted by atomic mass is 19.1. The minimum absolute atomic E-state index is 0.0791. The number of hydrogen-bond donors (Lipinski definition) is 1. The summed E-state index contributed by atoms with van der Waals surface area (Å²) in [4.78, 5) is 3.79. The SMILES string of the molecule is CNC(Cc1c(C)nn(C)c1C)c1ccncc1F. The van der Waals surface area contributed by atoms with Gasteiger partial charge in [0.05, 0.1) is 11.9 Å². The Kier molecular flexibility index (Phi) is 3.95. The molecule has 0 bridgehead atoms. The van der Waals surface area contributed by atoms with Gasteiger partial charge in [-0.25, -0.2) is 4.39 Å². The highest BCUT2D eigenvalue weighted by Crippen LogP contribution is 2.23. The first-order valence-corrected chi connectivity index (χ1v) is 6.30. The van der Waals surface area contributed by atoms with Crippen LogP contribution in [-0.4, -0.2) is 21.8 Å². The quantitative estimate of drug-likeness (QED) is 0.917. The van der Waals surface area contributed by atoms with Gasteiger partial charge in [0.25, 0.3) is 0 Å². The van der Waals surface area contributed by atoms with Crippen LogP contribution < -0.4 is 5.32 Å². The molecule has 1 N–H and O–H groups in total. The Morgan fingerprint density at radius 1 is 1.42 bits per heavy atom. The molecule has 0 amide bonds. The van der Waals surface area contributed by atoms with E-state index in [1.807, 2.05) is 32.6 Å². The summed E-state index contributed by atoms with van der Waals surface area (Å²) >= 11 is 0. The molecule has 19 heavy (non-hydrogen) atoms. The number of nitrogens with zero attached hydrogens (tertiary/aromatic N) is 3. The predicted molar refractivity (Wildman–Crippen MR) is 72.4 cm³/mol. The second-order valence-corrected chi connectivity index (χ2v) is 4.72. The van der Waals surface area contributed by atoms with Gasteiger partial charge in [-0.1, -0.05) is 0 Å². The molecule has 1 unspecified atom stereocenters. The lowest BCUT2D eigenvalue weighted by molar-refractivity contribution is 0.529. The molecule has 2 aromatic heterocycles. The van der Waals surface area contributed by atoms with E-state index in [4.69, 9.17) is 0 Å². The second kappa shape index (κ2) is 5.48. The fourth-order valence-corrected chi connectivity index (χ4v) is 2.35. The zero-order chi connectivity index (χ0) is 14.0. The van der Waals surface area contributed by atoms with Crippen LogP contribution in [0.25, 0.3) is 0 Å². The third-order valence-corrected chi connectivity index (χ3v) is 3.59. The first-order valence-electron chi connectivity index (χ1n) is 6.30. The Balaban J connectivity index is 2.32. The zero-order valence-electron chi connectivity index (χ0n) is 11.7. The van der Waals surface area contributed by atoms with Gasteiger partial charge in [-0.2, -0.15) is 5.10 Å². The van der Waals surface area contributed by atoms with Gasteiger partial charge < -0.3 is 5.32 Å². The molecule has 4 nitrogen and oxygen atoms in total. The van der Waals surface area contributed by atoms with E-state index in [1.54, 1.807) is 12.3 Å². The topological polar surface area (TPSA) is 42.7 Å². The fraction of sp³-hybridized carbons (Fsp3) is 0.429. The Morgan fingerprint density at radius 3 is 2.68 bits per heavy atom. The van der Waals surface area contributed by atoms with Crippen LogP contribution >= 0.6 is 0 Å². The van der Waals surface area contributed by atoms with Crippen molar-refractivity contribution in [2.45, 2.75) is 26.3 Å². The molecule has 0 saturated carbocycles. The highest BCUT2D eigenvalue weighted by molar-refractivity contribution is 5.28. The van der Waals surface area contributed by atoms with Crippen LogP contribution in [0, 0.1) is 19.7 Å². The summed E-state index contributed by atoms with van der Waals surface area (Å²) in [6.45, 7) is 4.02. The Morgan fingerprint density at radius 2 is 2.16 bits per heavy atom. The van der Waals surface area contributed by atoms with E-state index in [2.05, 4.69) is 15.4 Å². The van der Waals surface area contributed by atoms with Crippen molar-refractivity contribution in [3.8, 4) is 0 Å². The maximum atomic E-state index is 13.8. The van der Waals surface area contributed by atoms with Crippen molar-refractivity contribution in [2.24, 2.45) is 7.05 Å². The van der Waals surface area contributed by atoms with Gasteiger partial charge in [0, 0.05) is 30.5 Å². The maximum absolute atomic E-state index is 13.8. The minimum atomic E-state index is -0.277. The van der Waals surface area contributed by atoms with Gasteiger partial charge >= 0.3 is 0 Å². The summed E-state index contributed by atoms with van der Waals surface area (Å²) in [5.74, 6) is -0.277. The van der Waals surface area contributed by atoms with E-state index in [9.17, 15) is 4.39 Å². The normalized spacial score (nSPS) is 12.7.